The number of piperidine rings is 1. The van der Waals surface area contributed by atoms with E-state index in [1.807, 2.05) is 18.2 Å². The van der Waals surface area contributed by atoms with E-state index >= 15 is 0 Å². The van der Waals surface area contributed by atoms with Gasteiger partial charge in [0.1, 0.15) is 5.75 Å². The van der Waals surface area contributed by atoms with E-state index in [0.717, 1.165) is 25.1 Å². The number of rotatable bonds is 4. The monoisotopic (exact) mass is 384 g/mol. The second kappa shape index (κ2) is 10.2. The minimum Gasteiger partial charge on any atom is -0.437 e. The van der Waals surface area contributed by atoms with Crippen LogP contribution in [0.25, 0.3) is 0 Å². The van der Waals surface area contributed by atoms with E-state index in [0.29, 0.717) is 17.7 Å². The van der Waals surface area contributed by atoms with Crippen LogP contribution in [-0.4, -0.2) is 28.7 Å². The number of aromatic nitrogens is 2. The molecule has 1 aromatic carbocycles. The standard InChI is InChI=1S/C17H20N4O2.2ClH/c1-12-10-13(7-9-18-12)17(22)20-14-4-2-5-15(11-14)23-16-6-3-8-19-21-16;;/h2-6,8,11-13,18H,7,9-10H2,1H3,(H,20,22);2*1H/t12-,13-;;/m0../s1. The van der Waals surface area contributed by atoms with E-state index in [4.69, 9.17) is 4.74 Å². The molecule has 25 heavy (non-hydrogen) atoms. The summed E-state index contributed by atoms with van der Waals surface area (Å²) >= 11 is 0. The van der Waals surface area contributed by atoms with Crippen molar-refractivity contribution in [3.05, 3.63) is 42.6 Å². The number of benzene rings is 1. The van der Waals surface area contributed by atoms with Gasteiger partial charge in [0.15, 0.2) is 0 Å². The zero-order chi connectivity index (χ0) is 16.1. The molecule has 2 aromatic rings. The lowest BCUT2D eigenvalue weighted by atomic mass is 9.92. The Morgan fingerprint density at radius 2 is 2.12 bits per heavy atom. The summed E-state index contributed by atoms with van der Waals surface area (Å²) in [5, 5.41) is 14.0. The molecule has 1 fully saturated rings. The highest BCUT2D eigenvalue weighted by molar-refractivity contribution is 5.92. The first-order valence-electron chi connectivity index (χ1n) is 7.80. The number of hydrogen-bond donors (Lipinski definition) is 2. The van der Waals surface area contributed by atoms with Crippen LogP contribution in [0, 0.1) is 5.92 Å². The second-order valence-electron chi connectivity index (χ2n) is 5.76. The van der Waals surface area contributed by atoms with Crippen molar-refractivity contribution in [3.8, 4) is 11.6 Å². The Bertz CT molecular complexity index is 673. The van der Waals surface area contributed by atoms with Crippen LogP contribution in [0.3, 0.4) is 0 Å². The van der Waals surface area contributed by atoms with E-state index < -0.39 is 0 Å². The highest BCUT2D eigenvalue weighted by atomic mass is 35.5. The van der Waals surface area contributed by atoms with Crippen molar-refractivity contribution in [2.75, 3.05) is 11.9 Å². The van der Waals surface area contributed by atoms with Gasteiger partial charge in [0, 0.05) is 36.0 Å². The minimum atomic E-state index is 0. The summed E-state index contributed by atoms with van der Waals surface area (Å²) in [7, 11) is 0. The molecule has 6 nitrogen and oxygen atoms in total. The van der Waals surface area contributed by atoms with Gasteiger partial charge in [0.25, 0.3) is 0 Å². The molecule has 1 aliphatic rings. The molecule has 0 bridgehead atoms. The molecule has 1 aliphatic heterocycles. The Morgan fingerprint density at radius 1 is 1.28 bits per heavy atom. The van der Waals surface area contributed by atoms with Gasteiger partial charge in [0.05, 0.1) is 0 Å². The highest BCUT2D eigenvalue weighted by Gasteiger charge is 2.24. The van der Waals surface area contributed by atoms with E-state index in [1.165, 1.54) is 0 Å². The van der Waals surface area contributed by atoms with Crippen molar-refractivity contribution in [1.29, 1.82) is 0 Å². The van der Waals surface area contributed by atoms with Crippen molar-refractivity contribution < 1.29 is 9.53 Å². The molecular weight excluding hydrogens is 363 g/mol. The Kier molecular flexibility index (Phi) is 8.61. The zero-order valence-electron chi connectivity index (χ0n) is 13.8. The van der Waals surface area contributed by atoms with Crippen LogP contribution in [0.15, 0.2) is 42.6 Å². The summed E-state index contributed by atoms with van der Waals surface area (Å²) in [6, 6.07) is 11.2. The predicted molar refractivity (Wildman–Crippen MR) is 102 cm³/mol. The van der Waals surface area contributed by atoms with Gasteiger partial charge in [-0.2, -0.15) is 5.10 Å². The molecule has 1 amide bonds. The quantitative estimate of drug-likeness (QED) is 0.843. The van der Waals surface area contributed by atoms with Gasteiger partial charge in [0.2, 0.25) is 11.8 Å². The second-order valence-corrected chi connectivity index (χ2v) is 5.76. The van der Waals surface area contributed by atoms with Gasteiger partial charge in [-0.3, -0.25) is 4.79 Å². The fourth-order valence-corrected chi connectivity index (χ4v) is 2.71. The Morgan fingerprint density at radius 3 is 2.84 bits per heavy atom. The number of halogens is 2. The van der Waals surface area contributed by atoms with Gasteiger partial charge in [-0.1, -0.05) is 6.07 Å². The maximum absolute atomic E-state index is 12.4. The van der Waals surface area contributed by atoms with E-state index in [9.17, 15) is 4.79 Å². The Balaban J connectivity index is 0.00000156. The highest BCUT2D eigenvalue weighted by Crippen LogP contribution is 2.24. The van der Waals surface area contributed by atoms with Crippen molar-refractivity contribution in [2.45, 2.75) is 25.8 Å². The lowest BCUT2D eigenvalue weighted by molar-refractivity contribution is -0.120. The fraction of sp³-hybridized carbons (Fsp3) is 0.353. The summed E-state index contributed by atoms with van der Waals surface area (Å²) in [5.74, 6) is 1.15. The maximum Gasteiger partial charge on any atom is 0.238 e. The van der Waals surface area contributed by atoms with Crippen LogP contribution in [0.4, 0.5) is 5.69 Å². The maximum atomic E-state index is 12.4. The van der Waals surface area contributed by atoms with Gasteiger partial charge < -0.3 is 15.4 Å². The van der Waals surface area contributed by atoms with Gasteiger partial charge >= 0.3 is 0 Å². The average Bonchev–Trinajstić information content (AvgIpc) is 2.56. The number of anilines is 1. The minimum absolute atomic E-state index is 0. The average molecular weight is 385 g/mol. The molecule has 2 N–H and O–H groups in total. The van der Waals surface area contributed by atoms with Crippen LogP contribution < -0.4 is 15.4 Å². The van der Waals surface area contributed by atoms with Crippen LogP contribution in [0.2, 0.25) is 0 Å². The predicted octanol–water partition coefficient (Wildman–Crippen LogP) is 3.44. The van der Waals surface area contributed by atoms with Crippen molar-refractivity contribution in [2.24, 2.45) is 5.92 Å². The van der Waals surface area contributed by atoms with Crippen LogP contribution >= 0.6 is 24.8 Å². The van der Waals surface area contributed by atoms with Gasteiger partial charge in [-0.25, -0.2) is 0 Å². The van der Waals surface area contributed by atoms with Crippen molar-refractivity contribution in [1.82, 2.24) is 15.5 Å². The number of carbonyl (C=O) groups excluding carboxylic acids is 1. The number of ether oxygens (including phenoxy) is 1. The first-order valence-corrected chi connectivity index (χ1v) is 7.80. The van der Waals surface area contributed by atoms with E-state index in [1.54, 1.807) is 24.4 Å². The Labute approximate surface area is 159 Å². The number of amides is 1. The van der Waals surface area contributed by atoms with E-state index in [-0.39, 0.29) is 36.6 Å². The fourth-order valence-electron chi connectivity index (χ4n) is 2.71. The molecule has 2 heterocycles. The number of nitrogens with one attached hydrogen (secondary N) is 2. The first kappa shape index (κ1) is 21.2. The number of hydrogen-bond acceptors (Lipinski definition) is 5. The molecule has 0 unspecified atom stereocenters. The smallest absolute Gasteiger partial charge is 0.238 e. The molecule has 0 spiro atoms. The molecular formula is C17H22Cl2N4O2. The van der Waals surface area contributed by atoms with Crippen LogP contribution in [-0.2, 0) is 4.79 Å². The third-order valence-electron chi connectivity index (χ3n) is 3.87. The lowest BCUT2D eigenvalue weighted by Gasteiger charge is -2.27. The summed E-state index contributed by atoms with van der Waals surface area (Å²) < 4.78 is 5.63. The molecule has 3 rings (SSSR count). The largest absolute Gasteiger partial charge is 0.437 e. The summed E-state index contributed by atoms with van der Waals surface area (Å²) in [6.45, 7) is 2.99. The Hall–Kier alpha value is -1.89. The third kappa shape index (κ3) is 6.16. The van der Waals surface area contributed by atoms with Crippen LogP contribution in [0.5, 0.6) is 11.6 Å². The SMILES string of the molecule is C[C@H]1C[C@@H](C(=O)Nc2cccc(Oc3cccnn3)c2)CCN1.Cl.Cl. The van der Waals surface area contributed by atoms with Crippen LogP contribution in [0.1, 0.15) is 19.8 Å². The molecule has 136 valence electrons. The third-order valence-corrected chi connectivity index (χ3v) is 3.87. The molecule has 0 aliphatic carbocycles. The zero-order valence-corrected chi connectivity index (χ0v) is 15.5. The molecule has 8 heteroatoms. The summed E-state index contributed by atoms with van der Waals surface area (Å²) in [6.07, 6.45) is 3.32. The molecule has 1 aromatic heterocycles. The summed E-state index contributed by atoms with van der Waals surface area (Å²) in [5.41, 5.74) is 0.725. The van der Waals surface area contributed by atoms with Gasteiger partial charge in [-0.05, 0) is 44.5 Å². The summed E-state index contributed by atoms with van der Waals surface area (Å²) in [4.78, 5) is 12.4. The molecule has 0 radical (unpaired) electrons. The van der Waals surface area contributed by atoms with Crippen molar-refractivity contribution in [3.63, 3.8) is 0 Å². The molecule has 1 saturated heterocycles. The topological polar surface area (TPSA) is 76.1 Å². The van der Waals surface area contributed by atoms with E-state index in [2.05, 4.69) is 27.8 Å². The number of carbonyl (C=O) groups is 1. The normalized spacial score (nSPS) is 19.1. The first-order chi connectivity index (χ1) is 11.2. The molecule has 2 atom stereocenters. The van der Waals surface area contributed by atoms with Gasteiger partial charge in [-0.15, -0.1) is 29.9 Å². The lowest BCUT2D eigenvalue weighted by Crippen LogP contribution is -2.40. The number of nitrogens with zero attached hydrogens (tertiary/aromatic N) is 2. The molecule has 0 saturated carbocycles. The van der Waals surface area contributed by atoms with Crippen molar-refractivity contribution >= 4 is 36.4 Å².